The van der Waals surface area contributed by atoms with Gasteiger partial charge in [-0.05, 0) is 68.5 Å². The molecule has 210 valence electrons. The van der Waals surface area contributed by atoms with Crippen LogP contribution in [0.2, 0.25) is 0 Å². The smallest absolute Gasteiger partial charge is 0.328 e. The molecule has 3 aromatic rings. The Kier molecular flexibility index (Phi) is 11.1. The molecule has 11 heteroatoms. The predicted molar refractivity (Wildman–Crippen MR) is 154 cm³/mol. The second-order valence-electron chi connectivity index (χ2n) is 8.66. The lowest BCUT2D eigenvalue weighted by atomic mass is 10.1. The van der Waals surface area contributed by atoms with Gasteiger partial charge in [0.05, 0.1) is 30.7 Å². The van der Waals surface area contributed by atoms with Crippen LogP contribution >= 0.6 is 11.8 Å². The Balaban J connectivity index is 1.74. The van der Waals surface area contributed by atoms with Crippen LogP contribution in [0.15, 0.2) is 52.4 Å². The summed E-state index contributed by atoms with van der Waals surface area (Å²) in [5.74, 6) is 1.08. The van der Waals surface area contributed by atoms with Crippen LogP contribution in [0.5, 0.6) is 0 Å². The van der Waals surface area contributed by atoms with E-state index in [1.54, 1.807) is 44.2 Å². The van der Waals surface area contributed by atoms with Crippen molar-refractivity contribution in [2.75, 3.05) is 30.9 Å². The first kappa shape index (κ1) is 30.2. The van der Waals surface area contributed by atoms with E-state index in [1.165, 1.54) is 11.8 Å². The molecule has 2 N–H and O–H groups in total. The maximum Gasteiger partial charge on any atom is 0.328 e. The standard InChI is InChI=1S/C29H32N4O6S/c1-5-16-33(18-19-8-13-23-22(17-19)27(36)32-29(31-23)40-4)21-11-9-20(10-12-21)26(35)30-24(28(37)39-7-3)14-15-25(34)38-6-2/h1,8-13,17,24H,6-7,14-16,18H2,2-4H3,(H,30,35)(H,31,32,36)/t24-/m1/s1. The molecule has 2 aromatic carbocycles. The molecular weight excluding hydrogens is 532 g/mol. The van der Waals surface area contributed by atoms with Crippen molar-refractivity contribution >= 4 is 46.2 Å². The summed E-state index contributed by atoms with van der Waals surface area (Å²) in [6, 6.07) is 11.3. The normalized spacial score (nSPS) is 11.3. The molecule has 0 saturated heterocycles. The van der Waals surface area contributed by atoms with Crippen molar-refractivity contribution in [3.05, 3.63) is 63.9 Å². The van der Waals surface area contributed by atoms with Gasteiger partial charge < -0.3 is 24.7 Å². The second-order valence-corrected chi connectivity index (χ2v) is 9.45. The lowest BCUT2D eigenvalue weighted by molar-refractivity contribution is -0.146. The van der Waals surface area contributed by atoms with Crippen molar-refractivity contribution in [1.82, 2.24) is 15.3 Å². The maximum absolute atomic E-state index is 12.9. The van der Waals surface area contributed by atoms with Gasteiger partial charge in [-0.1, -0.05) is 23.7 Å². The highest BCUT2D eigenvalue weighted by Crippen LogP contribution is 2.20. The van der Waals surface area contributed by atoms with Crippen LogP contribution in [-0.2, 0) is 25.6 Å². The zero-order chi connectivity index (χ0) is 29.1. The van der Waals surface area contributed by atoms with Crippen molar-refractivity contribution in [1.29, 1.82) is 0 Å². The number of ether oxygens (including phenoxy) is 2. The average molecular weight is 565 g/mol. The van der Waals surface area contributed by atoms with Crippen LogP contribution < -0.4 is 15.8 Å². The van der Waals surface area contributed by atoms with E-state index in [2.05, 4.69) is 21.2 Å². The van der Waals surface area contributed by atoms with Crippen molar-refractivity contribution < 1.29 is 23.9 Å². The highest BCUT2D eigenvalue weighted by atomic mass is 32.2. The fraction of sp³-hybridized carbons (Fsp3) is 0.345. The van der Waals surface area contributed by atoms with Crippen LogP contribution in [0.4, 0.5) is 5.69 Å². The Labute approximate surface area is 236 Å². The van der Waals surface area contributed by atoms with E-state index in [-0.39, 0.29) is 31.6 Å². The first-order chi connectivity index (χ1) is 19.3. The van der Waals surface area contributed by atoms with E-state index in [1.807, 2.05) is 23.3 Å². The molecule has 0 spiro atoms. The first-order valence-electron chi connectivity index (χ1n) is 12.8. The van der Waals surface area contributed by atoms with Crippen LogP contribution in [-0.4, -0.2) is 59.9 Å². The van der Waals surface area contributed by atoms with E-state index in [4.69, 9.17) is 15.9 Å². The Morgan fingerprint density at radius 2 is 1.85 bits per heavy atom. The van der Waals surface area contributed by atoms with E-state index >= 15 is 0 Å². The van der Waals surface area contributed by atoms with Crippen LogP contribution in [0, 0.1) is 12.3 Å². The minimum absolute atomic E-state index is 0.0347. The number of thioether (sulfide) groups is 1. The van der Waals surface area contributed by atoms with Gasteiger partial charge in [-0.25, -0.2) is 9.78 Å². The molecule has 1 atom stereocenters. The topological polar surface area (TPSA) is 131 Å². The van der Waals surface area contributed by atoms with Crippen LogP contribution in [0.1, 0.15) is 42.6 Å². The predicted octanol–water partition coefficient (Wildman–Crippen LogP) is 3.29. The van der Waals surface area contributed by atoms with Gasteiger partial charge >= 0.3 is 11.9 Å². The number of nitrogens with zero attached hydrogens (tertiary/aromatic N) is 2. The number of anilines is 1. The van der Waals surface area contributed by atoms with Crippen molar-refractivity contribution in [3.8, 4) is 12.3 Å². The number of terminal acetylenes is 1. The van der Waals surface area contributed by atoms with E-state index < -0.39 is 23.9 Å². The number of benzene rings is 2. The number of H-pyrrole nitrogens is 1. The molecule has 0 radical (unpaired) electrons. The zero-order valence-corrected chi connectivity index (χ0v) is 23.5. The molecule has 0 aliphatic rings. The number of fused-ring (bicyclic) bond motifs is 1. The van der Waals surface area contributed by atoms with Gasteiger partial charge in [-0.15, -0.1) is 6.42 Å². The van der Waals surface area contributed by atoms with Crippen LogP contribution in [0.3, 0.4) is 0 Å². The quantitative estimate of drug-likeness (QED) is 0.139. The molecule has 0 aliphatic carbocycles. The number of rotatable bonds is 13. The summed E-state index contributed by atoms with van der Waals surface area (Å²) in [6.07, 6.45) is 7.49. The minimum atomic E-state index is -0.994. The van der Waals surface area contributed by atoms with Crippen molar-refractivity contribution in [3.63, 3.8) is 0 Å². The van der Waals surface area contributed by atoms with Crippen molar-refractivity contribution in [2.24, 2.45) is 0 Å². The number of carbonyl (C=O) groups excluding carboxylic acids is 3. The number of hydrogen-bond donors (Lipinski definition) is 2. The minimum Gasteiger partial charge on any atom is -0.466 e. The summed E-state index contributed by atoms with van der Waals surface area (Å²) in [6.45, 7) is 4.45. The molecule has 0 bridgehead atoms. The molecule has 1 amide bonds. The summed E-state index contributed by atoms with van der Waals surface area (Å²) in [5.41, 5.74) is 2.36. The van der Waals surface area contributed by atoms with Crippen LogP contribution in [0.25, 0.3) is 10.9 Å². The summed E-state index contributed by atoms with van der Waals surface area (Å²) in [7, 11) is 0. The largest absolute Gasteiger partial charge is 0.466 e. The lowest BCUT2D eigenvalue weighted by Crippen LogP contribution is -2.42. The molecule has 40 heavy (non-hydrogen) atoms. The first-order valence-corrected chi connectivity index (χ1v) is 14.0. The Morgan fingerprint density at radius 3 is 2.50 bits per heavy atom. The molecule has 0 fully saturated rings. The maximum atomic E-state index is 12.9. The fourth-order valence-electron chi connectivity index (χ4n) is 3.98. The molecule has 0 saturated carbocycles. The highest BCUT2D eigenvalue weighted by molar-refractivity contribution is 7.98. The Morgan fingerprint density at radius 1 is 1.12 bits per heavy atom. The molecule has 0 unspecified atom stereocenters. The number of hydrogen-bond acceptors (Lipinski definition) is 9. The molecule has 1 aromatic heterocycles. The summed E-state index contributed by atoms with van der Waals surface area (Å²) in [4.78, 5) is 58.7. The van der Waals surface area contributed by atoms with Gasteiger partial charge in [-0.2, -0.15) is 0 Å². The third-order valence-corrected chi connectivity index (χ3v) is 6.49. The van der Waals surface area contributed by atoms with Gasteiger partial charge in [0.15, 0.2) is 5.16 Å². The van der Waals surface area contributed by atoms with Gasteiger partial charge in [0, 0.05) is 24.2 Å². The summed E-state index contributed by atoms with van der Waals surface area (Å²) >= 11 is 1.36. The lowest BCUT2D eigenvalue weighted by Gasteiger charge is -2.23. The third-order valence-electron chi connectivity index (χ3n) is 5.91. The molecule has 3 rings (SSSR count). The third kappa shape index (κ3) is 8.10. The summed E-state index contributed by atoms with van der Waals surface area (Å²) in [5, 5.41) is 3.69. The van der Waals surface area contributed by atoms with E-state index in [0.29, 0.717) is 34.7 Å². The average Bonchev–Trinajstić information content (AvgIpc) is 2.95. The Bertz CT molecular complexity index is 1450. The van der Waals surface area contributed by atoms with Gasteiger partial charge in [0.1, 0.15) is 6.04 Å². The molecule has 0 aliphatic heterocycles. The Hall–Kier alpha value is -4.30. The van der Waals surface area contributed by atoms with Gasteiger partial charge in [0.25, 0.3) is 11.5 Å². The second kappa shape index (κ2) is 14.7. The molecular formula is C29H32N4O6S. The number of esters is 2. The number of aromatic amines is 1. The van der Waals surface area contributed by atoms with E-state index in [9.17, 15) is 19.2 Å². The van der Waals surface area contributed by atoms with Gasteiger partial charge in [0.2, 0.25) is 0 Å². The fourth-order valence-corrected chi connectivity index (χ4v) is 4.37. The number of amides is 1. The van der Waals surface area contributed by atoms with Crippen molar-refractivity contribution in [2.45, 2.75) is 44.4 Å². The number of aromatic nitrogens is 2. The monoisotopic (exact) mass is 564 g/mol. The molecule has 10 nitrogen and oxygen atoms in total. The highest BCUT2D eigenvalue weighted by Gasteiger charge is 2.24. The SMILES string of the molecule is C#CCN(Cc1ccc2nc(SC)[nH]c(=O)c2c1)c1ccc(C(=O)N[C@H](CCC(=O)OCC)C(=O)OCC)cc1. The molecule has 1 heterocycles. The summed E-state index contributed by atoms with van der Waals surface area (Å²) < 4.78 is 9.97. The van der Waals surface area contributed by atoms with Gasteiger partial charge in [-0.3, -0.25) is 14.4 Å². The zero-order valence-electron chi connectivity index (χ0n) is 22.7. The number of carbonyl (C=O) groups is 3. The van der Waals surface area contributed by atoms with E-state index in [0.717, 1.165) is 11.3 Å². The number of nitrogens with one attached hydrogen (secondary N) is 2.